The van der Waals surface area contributed by atoms with Crippen molar-refractivity contribution < 1.29 is 4.42 Å². The van der Waals surface area contributed by atoms with Crippen LogP contribution >= 0.6 is 0 Å². The lowest BCUT2D eigenvalue weighted by atomic mass is 10.3. The maximum Gasteiger partial charge on any atom is 0.315 e. The van der Waals surface area contributed by atoms with Gasteiger partial charge in [0.25, 0.3) is 0 Å². The van der Waals surface area contributed by atoms with E-state index in [2.05, 4.69) is 30.8 Å². The molecule has 0 bridgehead atoms. The molecule has 0 fully saturated rings. The molecule has 0 aliphatic rings. The monoisotopic (exact) mass is 262 g/mol. The summed E-state index contributed by atoms with van der Waals surface area (Å²) in [6.07, 6.45) is 1.73. The fraction of sp³-hybridized carbons (Fsp3) is 0.500. The molecule has 0 aliphatic carbocycles. The number of nitrogens with one attached hydrogen (secondary N) is 2. The van der Waals surface area contributed by atoms with Gasteiger partial charge in [0.1, 0.15) is 5.82 Å². The molecule has 2 aromatic heterocycles. The number of hydrogen-bond acceptors (Lipinski definition) is 7. The standard InChI is InChI=1S/C12H18N6O/c1-4-13-8(2)11-17-18-12(19-11)15-7-10-5-6-14-9(3)16-10/h5-6,8,13H,4,7H2,1-3H3,(H,15,18). The minimum absolute atomic E-state index is 0.0503. The molecule has 1 atom stereocenters. The second-order valence-electron chi connectivity index (χ2n) is 4.17. The number of anilines is 1. The molecule has 102 valence electrons. The zero-order valence-electron chi connectivity index (χ0n) is 11.3. The summed E-state index contributed by atoms with van der Waals surface area (Å²) in [5.74, 6) is 1.31. The summed E-state index contributed by atoms with van der Waals surface area (Å²) >= 11 is 0. The largest absolute Gasteiger partial charge is 0.406 e. The van der Waals surface area contributed by atoms with Gasteiger partial charge in [-0.3, -0.25) is 0 Å². The van der Waals surface area contributed by atoms with Crippen molar-refractivity contribution in [1.82, 2.24) is 25.5 Å². The van der Waals surface area contributed by atoms with E-state index in [1.165, 1.54) is 0 Å². The maximum atomic E-state index is 5.51. The number of aryl methyl sites for hydroxylation is 1. The van der Waals surface area contributed by atoms with Gasteiger partial charge in [-0.25, -0.2) is 9.97 Å². The molecular formula is C12H18N6O. The normalized spacial score (nSPS) is 12.4. The first-order valence-corrected chi connectivity index (χ1v) is 6.28. The van der Waals surface area contributed by atoms with Gasteiger partial charge < -0.3 is 15.1 Å². The molecule has 1 unspecified atom stereocenters. The van der Waals surface area contributed by atoms with Crippen molar-refractivity contribution in [3.8, 4) is 0 Å². The van der Waals surface area contributed by atoms with Gasteiger partial charge in [-0.1, -0.05) is 12.0 Å². The summed E-state index contributed by atoms with van der Waals surface area (Å²) in [5.41, 5.74) is 0.881. The van der Waals surface area contributed by atoms with Crippen LogP contribution in [0, 0.1) is 6.92 Å². The number of nitrogens with zero attached hydrogens (tertiary/aromatic N) is 4. The molecule has 7 nitrogen and oxygen atoms in total. The molecule has 0 aliphatic heterocycles. The number of aromatic nitrogens is 4. The third-order valence-corrected chi connectivity index (χ3v) is 2.58. The summed E-state index contributed by atoms with van der Waals surface area (Å²) in [4.78, 5) is 8.33. The van der Waals surface area contributed by atoms with Gasteiger partial charge in [0.2, 0.25) is 5.89 Å². The third kappa shape index (κ3) is 3.72. The molecule has 0 spiro atoms. The van der Waals surface area contributed by atoms with Crippen LogP contribution in [-0.4, -0.2) is 26.7 Å². The van der Waals surface area contributed by atoms with Crippen molar-refractivity contribution in [3.05, 3.63) is 29.7 Å². The summed E-state index contributed by atoms with van der Waals surface area (Å²) in [5, 5.41) is 14.2. The lowest BCUT2D eigenvalue weighted by molar-refractivity contribution is 0.428. The van der Waals surface area contributed by atoms with E-state index in [1.807, 2.05) is 26.8 Å². The topological polar surface area (TPSA) is 88.8 Å². The molecule has 2 heterocycles. The molecule has 0 aromatic carbocycles. The first kappa shape index (κ1) is 13.4. The SMILES string of the molecule is CCNC(C)c1nnc(NCc2ccnc(C)n2)o1. The Morgan fingerprint density at radius 3 is 2.95 bits per heavy atom. The second-order valence-corrected chi connectivity index (χ2v) is 4.17. The van der Waals surface area contributed by atoms with Crippen molar-refractivity contribution in [2.24, 2.45) is 0 Å². The number of rotatable bonds is 6. The molecule has 0 saturated carbocycles. The fourth-order valence-corrected chi connectivity index (χ4v) is 1.64. The predicted octanol–water partition coefficient (Wildman–Crippen LogP) is 1.45. The van der Waals surface area contributed by atoms with E-state index < -0.39 is 0 Å². The van der Waals surface area contributed by atoms with E-state index in [0.29, 0.717) is 18.5 Å². The Labute approximate surface area is 111 Å². The van der Waals surface area contributed by atoms with Gasteiger partial charge in [0.05, 0.1) is 18.3 Å². The molecule has 0 saturated heterocycles. The lowest BCUT2D eigenvalue weighted by Crippen LogP contribution is -2.17. The summed E-state index contributed by atoms with van der Waals surface area (Å²) in [7, 11) is 0. The van der Waals surface area contributed by atoms with E-state index >= 15 is 0 Å². The van der Waals surface area contributed by atoms with Crippen LogP contribution in [-0.2, 0) is 6.54 Å². The van der Waals surface area contributed by atoms with Crippen LogP contribution in [0.2, 0.25) is 0 Å². The number of hydrogen-bond donors (Lipinski definition) is 2. The second kappa shape index (κ2) is 6.24. The molecular weight excluding hydrogens is 244 g/mol. The van der Waals surface area contributed by atoms with Crippen LogP contribution in [0.3, 0.4) is 0 Å². The van der Waals surface area contributed by atoms with E-state index in [1.54, 1.807) is 6.20 Å². The minimum Gasteiger partial charge on any atom is -0.406 e. The molecule has 7 heteroatoms. The highest BCUT2D eigenvalue weighted by atomic mass is 16.4. The molecule has 0 radical (unpaired) electrons. The van der Waals surface area contributed by atoms with Crippen molar-refractivity contribution in [3.63, 3.8) is 0 Å². The maximum absolute atomic E-state index is 5.51. The van der Waals surface area contributed by atoms with Crippen molar-refractivity contribution in [2.45, 2.75) is 33.4 Å². The zero-order valence-corrected chi connectivity index (χ0v) is 11.3. The Kier molecular flexibility index (Phi) is 4.40. The fourth-order valence-electron chi connectivity index (χ4n) is 1.64. The smallest absolute Gasteiger partial charge is 0.315 e. The van der Waals surface area contributed by atoms with Crippen LogP contribution in [0.15, 0.2) is 16.7 Å². The average Bonchev–Trinajstić information content (AvgIpc) is 2.86. The van der Waals surface area contributed by atoms with Crippen molar-refractivity contribution >= 4 is 6.01 Å². The minimum atomic E-state index is 0.0503. The third-order valence-electron chi connectivity index (χ3n) is 2.58. The summed E-state index contributed by atoms with van der Waals surface area (Å²) in [6, 6.07) is 2.30. The highest BCUT2D eigenvalue weighted by Crippen LogP contribution is 2.13. The van der Waals surface area contributed by atoms with Gasteiger partial charge in [-0.2, -0.15) is 0 Å². The van der Waals surface area contributed by atoms with E-state index in [4.69, 9.17) is 4.42 Å². The highest BCUT2D eigenvalue weighted by Gasteiger charge is 2.12. The van der Waals surface area contributed by atoms with Gasteiger partial charge >= 0.3 is 6.01 Å². The van der Waals surface area contributed by atoms with Crippen molar-refractivity contribution in [2.75, 3.05) is 11.9 Å². The van der Waals surface area contributed by atoms with Gasteiger partial charge in [-0.15, -0.1) is 5.10 Å². The first-order valence-electron chi connectivity index (χ1n) is 6.28. The average molecular weight is 262 g/mol. The zero-order chi connectivity index (χ0) is 13.7. The Morgan fingerprint density at radius 2 is 2.21 bits per heavy atom. The Morgan fingerprint density at radius 1 is 1.37 bits per heavy atom. The molecule has 2 rings (SSSR count). The van der Waals surface area contributed by atoms with E-state index in [0.717, 1.165) is 18.1 Å². The van der Waals surface area contributed by atoms with E-state index in [9.17, 15) is 0 Å². The lowest BCUT2D eigenvalue weighted by Gasteiger charge is -2.06. The van der Waals surface area contributed by atoms with Gasteiger partial charge in [0, 0.05) is 6.20 Å². The van der Waals surface area contributed by atoms with Gasteiger partial charge in [0.15, 0.2) is 0 Å². The van der Waals surface area contributed by atoms with Crippen molar-refractivity contribution in [1.29, 1.82) is 0 Å². The summed E-state index contributed by atoms with van der Waals surface area (Å²) < 4.78 is 5.51. The first-order chi connectivity index (χ1) is 9.19. The van der Waals surface area contributed by atoms with Crippen LogP contribution < -0.4 is 10.6 Å². The molecule has 2 aromatic rings. The van der Waals surface area contributed by atoms with Crippen LogP contribution in [0.4, 0.5) is 6.01 Å². The predicted molar refractivity (Wildman–Crippen MR) is 70.5 cm³/mol. The highest BCUT2D eigenvalue weighted by molar-refractivity contribution is 5.19. The Hall–Kier alpha value is -2.02. The Balaban J connectivity index is 1.93. The summed E-state index contributed by atoms with van der Waals surface area (Å²) in [6.45, 7) is 7.25. The molecule has 0 amide bonds. The molecule has 19 heavy (non-hydrogen) atoms. The van der Waals surface area contributed by atoms with E-state index in [-0.39, 0.29) is 6.04 Å². The van der Waals surface area contributed by atoms with Crippen LogP contribution in [0.1, 0.15) is 37.3 Å². The van der Waals surface area contributed by atoms with Gasteiger partial charge in [-0.05, 0) is 26.5 Å². The Bertz CT molecular complexity index is 526. The molecule has 2 N–H and O–H groups in total. The van der Waals surface area contributed by atoms with Crippen LogP contribution in [0.25, 0.3) is 0 Å². The quantitative estimate of drug-likeness (QED) is 0.814. The van der Waals surface area contributed by atoms with Crippen LogP contribution in [0.5, 0.6) is 0 Å².